The summed E-state index contributed by atoms with van der Waals surface area (Å²) in [7, 11) is 0. The Morgan fingerprint density at radius 1 is 1.40 bits per heavy atom. The van der Waals surface area contributed by atoms with Crippen LogP contribution in [0.15, 0.2) is 27.9 Å². The number of halogens is 1. The molecule has 1 atom stereocenters. The molecule has 1 aromatic carbocycles. The van der Waals surface area contributed by atoms with E-state index < -0.39 is 12.0 Å². The van der Waals surface area contributed by atoms with Gasteiger partial charge >= 0.3 is 12.0 Å². The molecular weight excluding hydrogens is 412 g/mol. The molecule has 0 aromatic heterocycles. The third-order valence-electron chi connectivity index (χ3n) is 3.81. The summed E-state index contributed by atoms with van der Waals surface area (Å²) in [6.07, 6.45) is 1.94. The number of carbonyl (C=O) groups excluding carboxylic acids is 2. The van der Waals surface area contributed by atoms with E-state index in [2.05, 4.69) is 26.6 Å². The van der Waals surface area contributed by atoms with E-state index in [4.69, 9.17) is 14.2 Å². The number of rotatable bonds is 5. The minimum absolute atomic E-state index is 0.141. The first-order chi connectivity index (χ1) is 12.0. The Labute approximate surface area is 157 Å². The maximum Gasteiger partial charge on any atom is 0.338 e. The standard InChI is InChI=1S/C16H17BrN2O5S/c1-8-13(15(20)22-3-4-25-2)14(19-16(21)18-8)9-5-11-12(6-10(9)17)24-7-23-11/h5-6,14H,3-4,7H2,1-2H3,(H2,18,19,21)/t14-/m0/s1. The second kappa shape index (κ2) is 7.57. The van der Waals surface area contributed by atoms with Crippen LogP contribution in [-0.4, -0.2) is 37.4 Å². The van der Waals surface area contributed by atoms with E-state index in [1.807, 2.05) is 6.26 Å². The topological polar surface area (TPSA) is 85.9 Å². The molecule has 2 N–H and O–H groups in total. The molecule has 1 aromatic rings. The zero-order valence-electron chi connectivity index (χ0n) is 13.7. The average molecular weight is 429 g/mol. The third kappa shape index (κ3) is 3.72. The van der Waals surface area contributed by atoms with Crippen LogP contribution >= 0.6 is 27.7 Å². The minimum atomic E-state index is -0.653. The summed E-state index contributed by atoms with van der Waals surface area (Å²) in [6.45, 7) is 2.12. The van der Waals surface area contributed by atoms with E-state index >= 15 is 0 Å². The maximum absolute atomic E-state index is 12.6. The molecule has 0 saturated heterocycles. The molecule has 7 nitrogen and oxygen atoms in total. The lowest BCUT2D eigenvalue weighted by atomic mass is 9.95. The highest BCUT2D eigenvalue weighted by Crippen LogP contribution is 2.41. The van der Waals surface area contributed by atoms with Gasteiger partial charge in [0.15, 0.2) is 11.5 Å². The van der Waals surface area contributed by atoms with Crippen LogP contribution in [0, 0.1) is 0 Å². The molecule has 0 radical (unpaired) electrons. The van der Waals surface area contributed by atoms with E-state index in [9.17, 15) is 9.59 Å². The van der Waals surface area contributed by atoms with Gasteiger partial charge < -0.3 is 24.8 Å². The number of hydrogen-bond acceptors (Lipinski definition) is 6. The van der Waals surface area contributed by atoms with Crippen LogP contribution in [0.4, 0.5) is 4.79 Å². The van der Waals surface area contributed by atoms with Gasteiger partial charge in [-0.1, -0.05) is 15.9 Å². The number of ether oxygens (including phenoxy) is 3. The van der Waals surface area contributed by atoms with Crippen molar-refractivity contribution in [2.75, 3.05) is 25.4 Å². The van der Waals surface area contributed by atoms with Crippen LogP contribution in [0.1, 0.15) is 18.5 Å². The average Bonchev–Trinajstić information content (AvgIpc) is 3.00. The third-order valence-corrected chi connectivity index (χ3v) is 5.07. The van der Waals surface area contributed by atoms with Crippen LogP contribution in [-0.2, 0) is 9.53 Å². The van der Waals surface area contributed by atoms with Crippen molar-refractivity contribution >= 4 is 39.7 Å². The SMILES string of the molecule is CSCCOC(=O)C1=C(C)NC(=O)N[C@H]1c1cc2c(cc1Br)OCO2. The molecule has 0 fully saturated rings. The van der Waals surface area contributed by atoms with E-state index in [0.717, 1.165) is 0 Å². The number of esters is 1. The van der Waals surface area contributed by atoms with Crippen molar-refractivity contribution in [1.29, 1.82) is 0 Å². The zero-order valence-corrected chi connectivity index (χ0v) is 16.1. The summed E-state index contributed by atoms with van der Waals surface area (Å²) in [5.41, 5.74) is 1.52. The van der Waals surface area contributed by atoms with E-state index in [-0.39, 0.29) is 12.8 Å². The lowest BCUT2D eigenvalue weighted by Gasteiger charge is -2.28. The Kier molecular flexibility index (Phi) is 5.43. The Hall–Kier alpha value is -1.87. The molecule has 25 heavy (non-hydrogen) atoms. The Morgan fingerprint density at radius 3 is 2.84 bits per heavy atom. The first-order valence-electron chi connectivity index (χ1n) is 7.54. The molecule has 2 aliphatic rings. The molecule has 9 heteroatoms. The predicted molar refractivity (Wildman–Crippen MR) is 96.7 cm³/mol. The largest absolute Gasteiger partial charge is 0.461 e. The highest BCUT2D eigenvalue weighted by Gasteiger charge is 2.34. The Balaban J connectivity index is 1.96. The van der Waals surface area contributed by atoms with Gasteiger partial charge in [-0.05, 0) is 30.9 Å². The van der Waals surface area contributed by atoms with Gasteiger partial charge in [0.25, 0.3) is 0 Å². The fourth-order valence-electron chi connectivity index (χ4n) is 2.65. The van der Waals surface area contributed by atoms with Gasteiger partial charge in [-0.15, -0.1) is 0 Å². The van der Waals surface area contributed by atoms with E-state index in [1.165, 1.54) is 0 Å². The number of amides is 2. The highest BCUT2D eigenvalue weighted by atomic mass is 79.9. The van der Waals surface area contributed by atoms with Gasteiger partial charge in [-0.3, -0.25) is 0 Å². The summed E-state index contributed by atoms with van der Waals surface area (Å²) >= 11 is 5.07. The van der Waals surface area contributed by atoms with Crippen molar-refractivity contribution < 1.29 is 23.8 Å². The smallest absolute Gasteiger partial charge is 0.338 e. The van der Waals surface area contributed by atoms with Gasteiger partial charge in [0.2, 0.25) is 6.79 Å². The number of benzene rings is 1. The molecule has 0 bridgehead atoms. The number of fused-ring (bicyclic) bond motifs is 1. The normalized spacial score (nSPS) is 18.7. The monoisotopic (exact) mass is 428 g/mol. The van der Waals surface area contributed by atoms with Crippen LogP contribution in [0.25, 0.3) is 0 Å². The number of urea groups is 1. The van der Waals surface area contributed by atoms with Crippen molar-refractivity contribution in [2.45, 2.75) is 13.0 Å². The number of carbonyl (C=O) groups is 2. The maximum atomic E-state index is 12.6. The molecule has 0 spiro atoms. The second-order valence-electron chi connectivity index (χ2n) is 5.43. The van der Waals surface area contributed by atoms with Gasteiger partial charge in [0, 0.05) is 15.9 Å². The van der Waals surface area contributed by atoms with Crippen LogP contribution in [0.5, 0.6) is 11.5 Å². The van der Waals surface area contributed by atoms with Crippen LogP contribution in [0.3, 0.4) is 0 Å². The fraction of sp³-hybridized carbons (Fsp3) is 0.375. The molecule has 134 valence electrons. The molecule has 0 saturated carbocycles. The predicted octanol–water partition coefficient (Wildman–Crippen LogP) is 2.71. The molecule has 2 amide bonds. The minimum Gasteiger partial charge on any atom is -0.461 e. The van der Waals surface area contributed by atoms with Crippen molar-refractivity contribution in [1.82, 2.24) is 10.6 Å². The summed E-state index contributed by atoms with van der Waals surface area (Å²) < 4.78 is 16.8. The first kappa shape index (κ1) is 17.9. The number of allylic oxidation sites excluding steroid dienone is 1. The van der Waals surface area contributed by atoms with Crippen molar-refractivity contribution in [3.05, 3.63) is 33.4 Å². The van der Waals surface area contributed by atoms with Crippen LogP contribution in [0.2, 0.25) is 0 Å². The molecule has 0 unspecified atom stereocenters. The lowest BCUT2D eigenvalue weighted by molar-refractivity contribution is -0.138. The van der Waals surface area contributed by atoms with Gasteiger partial charge in [0.1, 0.15) is 6.61 Å². The molecular formula is C16H17BrN2O5S. The Morgan fingerprint density at radius 2 is 2.12 bits per heavy atom. The summed E-state index contributed by atoms with van der Waals surface area (Å²) in [4.78, 5) is 24.5. The highest BCUT2D eigenvalue weighted by molar-refractivity contribution is 9.10. The molecule has 2 aliphatic heterocycles. The van der Waals surface area contributed by atoms with Crippen LogP contribution < -0.4 is 20.1 Å². The molecule has 0 aliphatic carbocycles. The summed E-state index contributed by atoms with van der Waals surface area (Å²) in [5.74, 6) is 1.42. The zero-order chi connectivity index (χ0) is 18.0. The lowest BCUT2D eigenvalue weighted by Crippen LogP contribution is -2.45. The van der Waals surface area contributed by atoms with Gasteiger partial charge in [-0.25, -0.2) is 9.59 Å². The van der Waals surface area contributed by atoms with E-state index in [0.29, 0.717) is 45.2 Å². The van der Waals surface area contributed by atoms with Gasteiger partial charge in [-0.2, -0.15) is 11.8 Å². The second-order valence-corrected chi connectivity index (χ2v) is 7.27. The summed E-state index contributed by atoms with van der Waals surface area (Å²) in [6, 6.07) is 2.48. The number of thioether (sulfide) groups is 1. The Bertz CT molecular complexity index is 752. The summed E-state index contributed by atoms with van der Waals surface area (Å²) in [5, 5.41) is 5.40. The van der Waals surface area contributed by atoms with Crippen molar-refractivity contribution in [3.8, 4) is 11.5 Å². The van der Waals surface area contributed by atoms with Crippen molar-refractivity contribution in [3.63, 3.8) is 0 Å². The van der Waals surface area contributed by atoms with E-state index in [1.54, 1.807) is 30.8 Å². The quantitative estimate of drug-likeness (QED) is 0.553. The molecule has 2 heterocycles. The van der Waals surface area contributed by atoms with Crippen molar-refractivity contribution in [2.24, 2.45) is 0 Å². The number of nitrogens with one attached hydrogen (secondary N) is 2. The fourth-order valence-corrected chi connectivity index (χ4v) is 3.45. The number of hydrogen-bond donors (Lipinski definition) is 2. The molecule has 3 rings (SSSR count). The van der Waals surface area contributed by atoms with Gasteiger partial charge in [0.05, 0.1) is 11.6 Å². The first-order valence-corrected chi connectivity index (χ1v) is 9.73.